The monoisotopic (exact) mass is 393 g/mol. The Bertz CT molecular complexity index is 1350. The van der Waals surface area contributed by atoms with Crippen LogP contribution in [-0.4, -0.2) is 50.2 Å². The van der Waals surface area contributed by atoms with Crippen LogP contribution in [0.4, 0.5) is 0 Å². The molecule has 0 fully saturated rings. The third-order valence-corrected chi connectivity index (χ3v) is 4.53. The van der Waals surface area contributed by atoms with Crippen molar-refractivity contribution in [3.05, 3.63) is 39.2 Å². The van der Waals surface area contributed by atoms with Gasteiger partial charge in [-0.05, 0) is 31.2 Å². The summed E-state index contributed by atoms with van der Waals surface area (Å²) in [4.78, 5) is 27.0. The Balaban J connectivity index is 1.82. The van der Waals surface area contributed by atoms with Crippen LogP contribution in [0.3, 0.4) is 0 Å². The van der Waals surface area contributed by atoms with Crippen LogP contribution in [0.5, 0.6) is 0 Å². The summed E-state index contributed by atoms with van der Waals surface area (Å²) in [6.45, 7) is 3.77. The maximum absolute atomic E-state index is 12.9. The molecule has 146 valence electrons. The molecule has 0 spiro atoms. The molecule has 29 heavy (non-hydrogen) atoms. The van der Waals surface area contributed by atoms with E-state index in [0.717, 1.165) is 4.68 Å². The van der Waals surface area contributed by atoms with E-state index < -0.39 is 11.6 Å². The van der Waals surface area contributed by atoms with E-state index in [9.17, 15) is 9.59 Å². The molecule has 3 heterocycles. The summed E-state index contributed by atoms with van der Waals surface area (Å²) in [6, 6.07) is 4.15. The number of nitriles is 1. The van der Waals surface area contributed by atoms with E-state index in [1.165, 1.54) is 27.9 Å². The molecule has 0 aliphatic carbocycles. The Kier molecular flexibility index (Phi) is 4.51. The summed E-state index contributed by atoms with van der Waals surface area (Å²) < 4.78 is 2.38. The Morgan fingerprint density at radius 2 is 1.55 bits per heavy atom. The molecule has 13 nitrogen and oxygen atoms in total. The predicted octanol–water partition coefficient (Wildman–Crippen LogP) is -0.381. The predicted molar refractivity (Wildman–Crippen MR) is 98.6 cm³/mol. The number of aromatic nitrogens is 10. The molecule has 1 aromatic carbocycles. The molecular formula is C16H15N11O2. The second-order valence-corrected chi connectivity index (χ2v) is 6.62. The number of fused-ring (bicyclic) bond motifs is 2. The zero-order chi connectivity index (χ0) is 20.5. The van der Waals surface area contributed by atoms with Gasteiger partial charge in [0.05, 0.1) is 41.9 Å². The standard InChI is InChI=1S/C16H15N11O2/c1-9(3-4-17)26-15(28)11-5-14-12(6-13(11)20-23-26)16(29)27(24-21-14)10(2)7-25-19-8-18-22-25/h5-6,8-10H,3,7H2,1-2H3/t9-,10-/m1/s1. The molecule has 13 heteroatoms. The third-order valence-electron chi connectivity index (χ3n) is 4.53. The lowest BCUT2D eigenvalue weighted by Crippen LogP contribution is -2.30. The molecule has 3 aromatic heterocycles. The fourth-order valence-corrected chi connectivity index (χ4v) is 2.99. The van der Waals surface area contributed by atoms with E-state index in [1.54, 1.807) is 13.8 Å². The Labute approximate surface area is 162 Å². The Hall–Kier alpha value is -4.08. The molecule has 0 radical (unpaired) electrons. The largest absolute Gasteiger partial charge is 0.277 e. The molecule has 4 rings (SSSR count). The van der Waals surface area contributed by atoms with Gasteiger partial charge in [0.1, 0.15) is 11.0 Å². The first-order chi connectivity index (χ1) is 14.0. The van der Waals surface area contributed by atoms with Crippen LogP contribution in [0, 0.1) is 11.3 Å². The van der Waals surface area contributed by atoms with Crippen molar-refractivity contribution in [1.82, 2.24) is 50.2 Å². The van der Waals surface area contributed by atoms with Crippen molar-refractivity contribution in [2.24, 2.45) is 0 Å². The van der Waals surface area contributed by atoms with E-state index in [0.29, 0.717) is 0 Å². The van der Waals surface area contributed by atoms with Gasteiger partial charge in [0.2, 0.25) is 0 Å². The second kappa shape index (κ2) is 7.15. The number of rotatable bonds is 5. The average molecular weight is 393 g/mol. The number of hydrogen-bond acceptors (Lipinski definition) is 10. The fraction of sp³-hybridized carbons (Fsp3) is 0.375. The van der Waals surface area contributed by atoms with Gasteiger partial charge in [-0.15, -0.1) is 20.4 Å². The number of tetrazole rings is 1. The van der Waals surface area contributed by atoms with Crippen LogP contribution in [0.15, 0.2) is 28.0 Å². The highest BCUT2D eigenvalue weighted by Crippen LogP contribution is 2.15. The SMILES string of the molecule is C[C@H](CC#N)n1nnc2cc3c(=O)n([C@H](C)Cn4ncnn4)nnc3cc2c1=O. The second-order valence-electron chi connectivity index (χ2n) is 6.62. The van der Waals surface area contributed by atoms with E-state index in [-0.39, 0.29) is 46.4 Å². The highest BCUT2D eigenvalue weighted by atomic mass is 16.1. The topological polar surface area (TPSA) is 163 Å². The van der Waals surface area contributed by atoms with Gasteiger partial charge in [0.15, 0.2) is 6.33 Å². The lowest BCUT2D eigenvalue weighted by Gasteiger charge is -2.13. The van der Waals surface area contributed by atoms with Crippen LogP contribution in [-0.2, 0) is 6.54 Å². The zero-order valence-corrected chi connectivity index (χ0v) is 15.5. The van der Waals surface area contributed by atoms with Crippen molar-refractivity contribution in [3.63, 3.8) is 0 Å². The maximum atomic E-state index is 12.9. The summed E-state index contributed by atoms with van der Waals surface area (Å²) in [5.74, 6) is 0. The van der Waals surface area contributed by atoms with Crippen LogP contribution in [0.2, 0.25) is 0 Å². The van der Waals surface area contributed by atoms with E-state index in [4.69, 9.17) is 5.26 Å². The van der Waals surface area contributed by atoms with E-state index in [1.807, 2.05) is 6.07 Å². The number of nitrogens with zero attached hydrogens (tertiary/aromatic N) is 11. The number of hydrogen-bond donors (Lipinski definition) is 0. The number of benzene rings is 1. The third kappa shape index (κ3) is 3.20. The van der Waals surface area contributed by atoms with Gasteiger partial charge in [0, 0.05) is 0 Å². The summed E-state index contributed by atoms with van der Waals surface area (Å²) in [7, 11) is 0. The van der Waals surface area contributed by atoms with E-state index in [2.05, 4.69) is 36.0 Å². The van der Waals surface area contributed by atoms with Crippen molar-refractivity contribution in [2.45, 2.75) is 38.9 Å². The summed E-state index contributed by atoms with van der Waals surface area (Å²) >= 11 is 0. The molecule has 0 amide bonds. The first-order valence-electron chi connectivity index (χ1n) is 8.75. The summed E-state index contributed by atoms with van der Waals surface area (Å²) in [6.07, 6.45) is 1.42. The molecule has 0 bridgehead atoms. The highest BCUT2D eigenvalue weighted by molar-refractivity contribution is 5.93. The van der Waals surface area contributed by atoms with Gasteiger partial charge in [-0.3, -0.25) is 9.59 Å². The van der Waals surface area contributed by atoms with Gasteiger partial charge in [0.25, 0.3) is 11.1 Å². The Morgan fingerprint density at radius 3 is 2.07 bits per heavy atom. The first kappa shape index (κ1) is 18.3. The smallest absolute Gasteiger partial charge is 0.267 e. The highest BCUT2D eigenvalue weighted by Gasteiger charge is 2.17. The van der Waals surface area contributed by atoms with Crippen molar-refractivity contribution in [3.8, 4) is 6.07 Å². The molecule has 4 aromatic rings. The van der Waals surface area contributed by atoms with Gasteiger partial charge >= 0.3 is 0 Å². The van der Waals surface area contributed by atoms with Crippen LogP contribution in [0.25, 0.3) is 21.8 Å². The van der Waals surface area contributed by atoms with E-state index >= 15 is 0 Å². The minimum Gasteiger partial charge on any atom is -0.267 e. The molecule has 0 aliphatic heterocycles. The van der Waals surface area contributed by atoms with Crippen molar-refractivity contribution in [1.29, 1.82) is 5.26 Å². The molecule has 0 saturated carbocycles. The summed E-state index contributed by atoms with van der Waals surface area (Å²) in [5.41, 5.74) is -0.246. The molecule has 0 saturated heterocycles. The van der Waals surface area contributed by atoms with Gasteiger partial charge < -0.3 is 0 Å². The molecule has 2 atom stereocenters. The summed E-state index contributed by atoms with van der Waals surface area (Å²) in [5, 5.41) is 36.7. The molecule has 0 aliphatic rings. The van der Waals surface area contributed by atoms with Gasteiger partial charge in [-0.25, -0.2) is 9.36 Å². The molecule has 0 N–H and O–H groups in total. The fourth-order valence-electron chi connectivity index (χ4n) is 2.99. The van der Waals surface area contributed by atoms with Crippen LogP contribution < -0.4 is 11.1 Å². The van der Waals surface area contributed by atoms with Crippen molar-refractivity contribution in [2.75, 3.05) is 0 Å². The average Bonchev–Trinajstić information content (AvgIpc) is 3.21. The minimum absolute atomic E-state index is 0.122. The normalized spacial score (nSPS) is 13.4. The first-order valence-corrected chi connectivity index (χ1v) is 8.75. The van der Waals surface area contributed by atoms with Crippen molar-refractivity contribution >= 4 is 21.8 Å². The Morgan fingerprint density at radius 1 is 0.966 bits per heavy atom. The molecule has 0 unspecified atom stereocenters. The maximum Gasteiger partial charge on any atom is 0.277 e. The molecular weight excluding hydrogens is 378 g/mol. The van der Waals surface area contributed by atoms with Gasteiger partial charge in [-0.1, -0.05) is 10.4 Å². The lowest BCUT2D eigenvalue weighted by molar-refractivity contribution is 0.354. The zero-order valence-electron chi connectivity index (χ0n) is 15.5. The minimum atomic E-state index is -0.426. The van der Waals surface area contributed by atoms with Crippen molar-refractivity contribution < 1.29 is 0 Å². The van der Waals surface area contributed by atoms with Crippen LogP contribution in [0.1, 0.15) is 32.4 Å². The van der Waals surface area contributed by atoms with Crippen LogP contribution >= 0.6 is 0 Å². The quantitative estimate of drug-likeness (QED) is 0.408. The lowest BCUT2D eigenvalue weighted by atomic mass is 10.1. The van der Waals surface area contributed by atoms with Gasteiger partial charge in [-0.2, -0.15) is 10.1 Å².